The van der Waals surface area contributed by atoms with Crippen molar-refractivity contribution in [2.75, 3.05) is 6.54 Å². The molecule has 1 aliphatic heterocycles. The molecule has 0 radical (unpaired) electrons. The molecule has 1 heterocycles. The summed E-state index contributed by atoms with van der Waals surface area (Å²) in [6, 6.07) is 16.7. The maximum Gasteiger partial charge on any atom is 0.226 e. The summed E-state index contributed by atoms with van der Waals surface area (Å²) in [5.74, 6) is 0.302. The number of hydrogen-bond acceptors (Lipinski definition) is 2. The molecule has 3 rings (SSSR count). The van der Waals surface area contributed by atoms with E-state index in [1.807, 2.05) is 28.8 Å². The number of hydrogen-bond donors (Lipinski definition) is 0. The third-order valence-electron chi connectivity index (χ3n) is 4.84. The monoisotopic (exact) mass is 387 g/mol. The zero-order valence-corrected chi connectivity index (χ0v) is 16.9. The molecule has 138 valence electrons. The summed E-state index contributed by atoms with van der Waals surface area (Å²) in [5, 5.41) is 1.12. The maximum atomic E-state index is 11.9. The van der Waals surface area contributed by atoms with Gasteiger partial charge in [0.25, 0.3) is 0 Å². The van der Waals surface area contributed by atoms with E-state index in [0.717, 1.165) is 24.4 Å². The first kappa shape index (κ1) is 19.3. The van der Waals surface area contributed by atoms with Crippen LogP contribution in [0.2, 0.25) is 5.02 Å². The van der Waals surface area contributed by atoms with Crippen molar-refractivity contribution >= 4 is 29.3 Å². The Labute approximate surface area is 165 Å². The van der Waals surface area contributed by atoms with Gasteiger partial charge in [-0.05, 0) is 56.0 Å². The molecular weight excluding hydrogens is 362 g/mol. The number of nitrogens with zero attached hydrogens (tertiary/aromatic N) is 1. The van der Waals surface area contributed by atoms with Crippen molar-refractivity contribution in [3.05, 3.63) is 64.7 Å². The quantitative estimate of drug-likeness (QED) is 0.382. The second-order valence-corrected chi connectivity index (χ2v) is 8.66. The molecule has 2 aromatic rings. The fourth-order valence-electron chi connectivity index (χ4n) is 3.19. The van der Waals surface area contributed by atoms with E-state index in [-0.39, 0.29) is 0 Å². The van der Waals surface area contributed by atoms with E-state index in [1.165, 1.54) is 35.3 Å². The van der Waals surface area contributed by atoms with Crippen LogP contribution in [0.3, 0.4) is 0 Å². The average molecular weight is 388 g/mol. The van der Waals surface area contributed by atoms with E-state index in [2.05, 4.69) is 43.3 Å². The van der Waals surface area contributed by atoms with Crippen LogP contribution >= 0.6 is 23.4 Å². The number of benzene rings is 2. The van der Waals surface area contributed by atoms with E-state index >= 15 is 0 Å². The summed E-state index contributed by atoms with van der Waals surface area (Å²) in [6.07, 6.45) is 6.45. The van der Waals surface area contributed by atoms with Crippen molar-refractivity contribution in [2.24, 2.45) is 0 Å². The lowest BCUT2D eigenvalue weighted by Crippen LogP contribution is -2.50. The van der Waals surface area contributed by atoms with Crippen LogP contribution in [0.4, 0.5) is 0 Å². The van der Waals surface area contributed by atoms with Gasteiger partial charge >= 0.3 is 0 Å². The van der Waals surface area contributed by atoms with E-state index < -0.39 is 0 Å². The molecule has 1 saturated heterocycles. The topological polar surface area (TPSA) is 20.3 Å². The van der Waals surface area contributed by atoms with Gasteiger partial charge in [-0.15, -0.1) is 11.8 Å². The van der Waals surface area contributed by atoms with Crippen LogP contribution < -0.4 is 0 Å². The zero-order valence-electron chi connectivity index (χ0n) is 15.3. The van der Waals surface area contributed by atoms with Gasteiger partial charge in [-0.1, -0.05) is 54.3 Å². The molecule has 0 aromatic heterocycles. The van der Waals surface area contributed by atoms with Crippen molar-refractivity contribution in [1.82, 2.24) is 4.90 Å². The van der Waals surface area contributed by atoms with Crippen LogP contribution in [0.25, 0.3) is 0 Å². The largest absolute Gasteiger partial charge is 0.330 e. The smallest absolute Gasteiger partial charge is 0.226 e. The van der Waals surface area contributed by atoms with Crippen molar-refractivity contribution < 1.29 is 4.79 Å². The summed E-state index contributed by atoms with van der Waals surface area (Å²) in [6.45, 7) is 2.99. The summed E-state index contributed by atoms with van der Waals surface area (Å²) in [4.78, 5) is 15.2. The Hall–Kier alpha value is -1.45. The Morgan fingerprint density at radius 1 is 1.00 bits per heavy atom. The predicted octanol–water partition coefficient (Wildman–Crippen LogP) is 6.10. The first-order chi connectivity index (χ1) is 12.6. The molecular formula is C22H26ClNOS. The summed E-state index contributed by atoms with van der Waals surface area (Å²) >= 11 is 7.72. The second-order valence-electron chi connectivity index (χ2n) is 6.97. The highest BCUT2D eigenvalue weighted by Crippen LogP contribution is 2.35. The van der Waals surface area contributed by atoms with Gasteiger partial charge < -0.3 is 4.90 Å². The van der Waals surface area contributed by atoms with E-state index in [4.69, 9.17) is 11.6 Å². The van der Waals surface area contributed by atoms with Crippen LogP contribution in [0, 0.1) is 6.92 Å². The van der Waals surface area contributed by atoms with Gasteiger partial charge in [-0.2, -0.15) is 0 Å². The molecule has 1 fully saturated rings. The number of aryl methyl sites for hydroxylation is 2. The summed E-state index contributed by atoms with van der Waals surface area (Å²) in [5.41, 5.74) is 2.62. The van der Waals surface area contributed by atoms with Gasteiger partial charge in [-0.3, -0.25) is 4.79 Å². The molecule has 0 bridgehead atoms. The molecule has 1 amide bonds. The molecule has 26 heavy (non-hydrogen) atoms. The number of thioether (sulfide) groups is 1. The molecule has 0 aliphatic carbocycles. The first-order valence-corrected chi connectivity index (χ1v) is 10.6. The van der Waals surface area contributed by atoms with Crippen molar-refractivity contribution in [3.8, 4) is 0 Å². The number of rotatable bonds is 9. The number of halogens is 1. The zero-order chi connectivity index (χ0) is 18.4. The normalized spacial score (nSPS) is 16.6. The van der Waals surface area contributed by atoms with E-state index in [9.17, 15) is 4.79 Å². The lowest BCUT2D eigenvalue weighted by molar-refractivity contribution is -0.141. The Bertz CT molecular complexity index is 714. The highest BCUT2D eigenvalue weighted by molar-refractivity contribution is 8.00. The molecule has 4 heteroatoms. The van der Waals surface area contributed by atoms with Gasteiger partial charge in [-0.25, -0.2) is 0 Å². The summed E-state index contributed by atoms with van der Waals surface area (Å²) < 4.78 is 0. The standard InChI is InChI=1S/C22H26ClNOS/c1-17-7-13-20(14-8-17)26-22-16-21(25)24(22)15-5-3-2-4-6-18-9-11-19(23)12-10-18/h7-14,22H,2-6,15-16H2,1H3. The Morgan fingerprint density at radius 3 is 2.38 bits per heavy atom. The van der Waals surface area contributed by atoms with Crippen LogP contribution in [0.5, 0.6) is 0 Å². The lowest BCUT2D eigenvalue weighted by atomic mass is 10.1. The van der Waals surface area contributed by atoms with Crippen LogP contribution in [-0.2, 0) is 11.2 Å². The Morgan fingerprint density at radius 2 is 1.69 bits per heavy atom. The van der Waals surface area contributed by atoms with Crippen LogP contribution in [-0.4, -0.2) is 22.7 Å². The van der Waals surface area contributed by atoms with Gasteiger partial charge in [0.1, 0.15) is 0 Å². The molecule has 0 spiro atoms. The SMILES string of the molecule is Cc1ccc(SC2CC(=O)N2CCCCCCc2ccc(Cl)cc2)cc1. The number of unbranched alkanes of at least 4 members (excludes halogenated alkanes) is 3. The molecule has 0 N–H and O–H groups in total. The van der Waals surface area contributed by atoms with Gasteiger partial charge in [0, 0.05) is 16.5 Å². The van der Waals surface area contributed by atoms with Gasteiger partial charge in [0.15, 0.2) is 0 Å². The second kappa shape index (κ2) is 9.48. The Balaban J connectivity index is 1.32. The molecule has 2 nitrogen and oxygen atoms in total. The van der Waals surface area contributed by atoms with E-state index in [1.54, 1.807) is 0 Å². The summed E-state index contributed by atoms with van der Waals surface area (Å²) in [7, 11) is 0. The lowest BCUT2D eigenvalue weighted by Gasteiger charge is -2.40. The predicted molar refractivity (Wildman–Crippen MR) is 111 cm³/mol. The average Bonchev–Trinajstić information content (AvgIpc) is 2.63. The molecule has 0 saturated carbocycles. The fraction of sp³-hybridized carbons (Fsp3) is 0.409. The van der Waals surface area contributed by atoms with Crippen LogP contribution in [0.15, 0.2) is 53.4 Å². The van der Waals surface area contributed by atoms with Gasteiger partial charge in [0.2, 0.25) is 5.91 Å². The Kier molecular flexibility index (Phi) is 7.04. The fourth-order valence-corrected chi connectivity index (χ4v) is 4.50. The third-order valence-corrected chi connectivity index (χ3v) is 6.33. The number of amides is 1. The number of likely N-dealkylation sites (tertiary alicyclic amines) is 1. The number of β-lactam (4-membered cyclic amide) rings is 1. The minimum atomic E-state index is 0.302. The third kappa shape index (κ3) is 5.52. The molecule has 2 aromatic carbocycles. The van der Waals surface area contributed by atoms with Crippen molar-refractivity contribution in [3.63, 3.8) is 0 Å². The highest BCUT2D eigenvalue weighted by Gasteiger charge is 2.35. The van der Waals surface area contributed by atoms with Crippen molar-refractivity contribution in [2.45, 2.75) is 55.7 Å². The highest BCUT2D eigenvalue weighted by atomic mass is 35.5. The van der Waals surface area contributed by atoms with Crippen molar-refractivity contribution in [1.29, 1.82) is 0 Å². The van der Waals surface area contributed by atoms with Gasteiger partial charge in [0.05, 0.1) is 11.8 Å². The minimum Gasteiger partial charge on any atom is -0.330 e. The molecule has 1 atom stereocenters. The maximum absolute atomic E-state index is 11.9. The number of carbonyl (C=O) groups excluding carboxylic acids is 1. The number of carbonyl (C=O) groups is 1. The van der Waals surface area contributed by atoms with Crippen LogP contribution in [0.1, 0.15) is 43.2 Å². The minimum absolute atomic E-state index is 0.302. The first-order valence-electron chi connectivity index (χ1n) is 9.39. The van der Waals surface area contributed by atoms with E-state index in [0.29, 0.717) is 17.7 Å². The molecule has 1 aliphatic rings. The molecule has 1 unspecified atom stereocenters.